The highest BCUT2D eigenvalue weighted by molar-refractivity contribution is 5.79. The van der Waals surface area contributed by atoms with Crippen molar-refractivity contribution in [3.05, 3.63) is 0 Å². The molecule has 0 radical (unpaired) electrons. The first-order valence-corrected chi connectivity index (χ1v) is 2.55. The van der Waals surface area contributed by atoms with Crippen LogP contribution in [0, 0.1) is 17.2 Å². The Bertz CT molecular complexity index is 157. The van der Waals surface area contributed by atoms with Gasteiger partial charge in [0, 0.05) is 6.42 Å². The van der Waals surface area contributed by atoms with Gasteiger partial charge in [0.1, 0.15) is 18.0 Å². The van der Waals surface area contributed by atoms with Gasteiger partial charge in [0.2, 0.25) is 0 Å². The normalized spacial score (nSPS) is 11.6. The van der Waals surface area contributed by atoms with Gasteiger partial charge in [-0.1, -0.05) is 0 Å². The van der Waals surface area contributed by atoms with Crippen LogP contribution in [0.5, 0.6) is 0 Å². The Balaban J connectivity index is 3.73. The van der Waals surface area contributed by atoms with Crippen LogP contribution in [0.25, 0.3) is 0 Å². The Kier molecular flexibility index (Phi) is 3.29. The molecular weight excluding hydrogens is 118 g/mol. The molecule has 0 heterocycles. The van der Waals surface area contributed by atoms with E-state index in [2.05, 4.69) is 0 Å². The SMILES string of the molecule is CC(=O)CC(C#N)C=O. The van der Waals surface area contributed by atoms with Crippen molar-refractivity contribution in [1.29, 1.82) is 5.26 Å². The van der Waals surface area contributed by atoms with Gasteiger partial charge in [0.05, 0.1) is 6.07 Å². The van der Waals surface area contributed by atoms with Gasteiger partial charge in [-0.25, -0.2) is 0 Å². The summed E-state index contributed by atoms with van der Waals surface area (Å²) < 4.78 is 0. The molecule has 0 N–H and O–H groups in total. The summed E-state index contributed by atoms with van der Waals surface area (Å²) in [5.74, 6) is -0.879. The van der Waals surface area contributed by atoms with Gasteiger partial charge in [-0.3, -0.25) is 4.79 Å². The lowest BCUT2D eigenvalue weighted by molar-refractivity contribution is -0.120. The number of rotatable bonds is 3. The lowest BCUT2D eigenvalue weighted by atomic mass is 10.1. The third-order valence-electron chi connectivity index (χ3n) is 0.837. The predicted octanol–water partition coefficient (Wildman–Crippen LogP) is 0.304. The zero-order chi connectivity index (χ0) is 7.28. The molecule has 1 unspecified atom stereocenters. The Morgan fingerprint density at radius 1 is 1.89 bits per heavy atom. The van der Waals surface area contributed by atoms with Gasteiger partial charge in [0.25, 0.3) is 0 Å². The summed E-state index contributed by atoms with van der Waals surface area (Å²) >= 11 is 0. The first-order valence-electron chi connectivity index (χ1n) is 2.55. The highest BCUT2D eigenvalue weighted by Crippen LogP contribution is 1.96. The third-order valence-corrected chi connectivity index (χ3v) is 0.837. The topological polar surface area (TPSA) is 57.9 Å². The van der Waals surface area contributed by atoms with E-state index in [4.69, 9.17) is 5.26 Å². The smallest absolute Gasteiger partial charge is 0.137 e. The molecule has 0 aliphatic heterocycles. The zero-order valence-electron chi connectivity index (χ0n) is 5.13. The lowest BCUT2D eigenvalue weighted by Crippen LogP contribution is -2.03. The maximum atomic E-state index is 10.3. The fourth-order valence-corrected chi connectivity index (χ4v) is 0.434. The lowest BCUT2D eigenvalue weighted by Gasteiger charge is -1.91. The summed E-state index contributed by atoms with van der Waals surface area (Å²) in [6.45, 7) is 1.36. The summed E-state index contributed by atoms with van der Waals surface area (Å²) in [5.41, 5.74) is 0. The summed E-state index contributed by atoms with van der Waals surface area (Å²) in [5, 5.41) is 8.14. The van der Waals surface area contributed by atoms with Gasteiger partial charge in [0.15, 0.2) is 0 Å². The molecule has 9 heavy (non-hydrogen) atoms. The molecule has 48 valence electrons. The van der Waals surface area contributed by atoms with Crippen LogP contribution in [0.15, 0.2) is 0 Å². The molecule has 0 saturated carbocycles. The van der Waals surface area contributed by atoms with Crippen molar-refractivity contribution < 1.29 is 9.59 Å². The largest absolute Gasteiger partial charge is 0.302 e. The van der Waals surface area contributed by atoms with Gasteiger partial charge < -0.3 is 4.79 Å². The number of Topliss-reactive ketones (excluding diaryl/α,β-unsaturated/α-hetero) is 1. The minimum absolute atomic E-state index is 0.0417. The van der Waals surface area contributed by atoms with Crippen LogP contribution in [0.4, 0.5) is 0 Å². The van der Waals surface area contributed by atoms with Gasteiger partial charge >= 0.3 is 0 Å². The average molecular weight is 125 g/mol. The summed E-state index contributed by atoms with van der Waals surface area (Å²) in [4.78, 5) is 20.2. The second-order valence-corrected chi connectivity index (χ2v) is 1.78. The Morgan fingerprint density at radius 3 is 2.56 bits per heavy atom. The molecule has 0 fully saturated rings. The van der Waals surface area contributed by atoms with Crippen molar-refractivity contribution in [2.24, 2.45) is 5.92 Å². The first-order chi connectivity index (χ1) is 4.20. The molecule has 0 saturated heterocycles. The van der Waals surface area contributed by atoms with Gasteiger partial charge in [-0.05, 0) is 6.92 Å². The maximum absolute atomic E-state index is 10.3. The standard InChI is InChI=1S/C6H7NO2/c1-5(9)2-6(3-7)4-8/h4,6H,2H2,1H3. The van der Waals surface area contributed by atoms with E-state index in [0.717, 1.165) is 0 Å². The highest BCUT2D eigenvalue weighted by atomic mass is 16.1. The summed E-state index contributed by atoms with van der Waals surface area (Å²) in [7, 11) is 0. The molecule has 3 nitrogen and oxygen atoms in total. The number of nitrogens with zero attached hydrogens (tertiary/aromatic N) is 1. The van der Waals surface area contributed by atoms with E-state index in [0.29, 0.717) is 6.29 Å². The average Bonchev–Trinajstić information content (AvgIpc) is 1.82. The Labute approximate surface area is 53.3 Å². The molecule has 0 amide bonds. The quantitative estimate of drug-likeness (QED) is 0.510. The van der Waals surface area contributed by atoms with Crippen molar-refractivity contribution in [3.63, 3.8) is 0 Å². The van der Waals surface area contributed by atoms with Crippen LogP contribution in [0.2, 0.25) is 0 Å². The molecule has 3 heteroatoms. The van der Waals surface area contributed by atoms with E-state index >= 15 is 0 Å². The second-order valence-electron chi connectivity index (χ2n) is 1.78. The number of hydrogen-bond acceptors (Lipinski definition) is 3. The summed E-state index contributed by atoms with van der Waals surface area (Å²) in [6.07, 6.45) is 0.529. The molecule has 0 aliphatic carbocycles. The Morgan fingerprint density at radius 2 is 2.44 bits per heavy atom. The summed E-state index contributed by atoms with van der Waals surface area (Å²) in [6, 6.07) is 1.69. The second kappa shape index (κ2) is 3.79. The van der Waals surface area contributed by atoms with E-state index in [1.165, 1.54) is 6.92 Å². The number of hydrogen-bond donors (Lipinski definition) is 0. The van der Waals surface area contributed by atoms with Gasteiger partial charge in [-0.2, -0.15) is 5.26 Å². The van der Waals surface area contributed by atoms with Crippen molar-refractivity contribution in [2.75, 3.05) is 0 Å². The van der Waals surface area contributed by atoms with Crippen molar-refractivity contribution in [1.82, 2.24) is 0 Å². The van der Waals surface area contributed by atoms with Crippen molar-refractivity contribution in [2.45, 2.75) is 13.3 Å². The van der Waals surface area contributed by atoms with Crippen LogP contribution in [-0.4, -0.2) is 12.1 Å². The first kappa shape index (κ1) is 7.83. The Hall–Kier alpha value is -1.17. The molecule has 0 aliphatic rings. The molecule has 0 spiro atoms. The molecule has 0 aromatic rings. The number of carbonyl (C=O) groups is 2. The fourth-order valence-electron chi connectivity index (χ4n) is 0.434. The van der Waals surface area contributed by atoms with Crippen LogP contribution in [-0.2, 0) is 9.59 Å². The van der Waals surface area contributed by atoms with Crippen LogP contribution in [0.1, 0.15) is 13.3 Å². The van der Waals surface area contributed by atoms with E-state index in [1.54, 1.807) is 6.07 Å². The predicted molar refractivity (Wildman–Crippen MR) is 30.5 cm³/mol. The van der Waals surface area contributed by atoms with E-state index in [9.17, 15) is 9.59 Å². The van der Waals surface area contributed by atoms with E-state index < -0.39 is 5.92 Å². The highest BCUT2D eigenvalue weighted by Gasteiger charge is 2.06. The molecule has 0 aromatic heterocycles. The molecule has 1 atom stereocenters. The van der Waals surface area contributed by atoms with E-state index in [-0.39, 0.29) is 12.2 Å². The maximum Gasteiger partial charge on any atom is 0.137 e. The van der Waals surface area contributed by atoms with Crippen LogP contribution >= 0.6 is 0 Å². The minimum atomic E-state index is -0.748. The third kappa shape index (κ3) is 3.42. The number of ketones is 1. The van der Waals surface area contributed by atoms with Crippen molar-refractivity contribution >= 4 is 12.1 Å². The fraction of sp³-hybridized carbons (Fsp3) is 0.500. The van der Waals surface area contributed by atoms with Crippen molar-refractivity contribution in [3.8, 4) is 6.07 Å². The van der Waals surface area contributed by atoms with Crippen LogP contribution in [0.3, 0.4) is 0 Å². The minimum Gasteiger partial charge on any atom is -0.302 e. The van der Waals surface area contributed by atoms with Gasteiger partial charge in [-0.15, -0.1) is 0 Å². The number of aldehydes is 1. The monoisotopic (exact) mass is 125 g/mol. The number of nitriles is 1. The van der Waals surface area contributed by atoms with Crippen LogP contribution < -0.4 is 0 Å². The number of carbonyl (C=O) groups excluding carboxylic acids is 2. The molecular formula is C6H7NO2. The van der Waals surface area contributed by atoms with E-state index in [1.807, 2.05) is 0 Å². The molecule has 0 aromatic carbocycles. The molecule has 0 bridgehead atoms. The zero-order valence-corrected chi connectivity index (χ0v) is 5.13. The molecule has 0 rings (SSSR count).